The van der Waals surface area contributed by atoms with E-state index >= 15 is 0 Å². The minimum Gasteiger partial charge on any atom is -0.303 e. The van der Waals surface area contributed by atoms with Crippen molar-refractivity contribution in [2.24, 2.45) is 10.2 Å². The van der Waals surface area contributed by atoms with E-state index in [0.29, 0.717) is 10.9 Å². The summed E-state index contributed by atoms with van der Waals surface area (Å²) < 4.78 is 24.5. The van der Waals surface area contributed by atoms with Crippen molar-refractivity contribution < 1.29 is 13.2 Å². The molecule has 1 heterocycles. The number of hydrogen-bond donors (Lipinski definition) is 1. The summed E-state index contributed by atoms with van der Waals surface area (Å²) in [5, 5.41) is 10.9. The van der Waals surface area contributed by atoms with Gasteiger partial charge in [-0.3, -0.25) is 4.79 Å². The molecule has 0 bridgehead atoms. The molecule has 10 heteroatoms. The van der Waals surface area contributed by atoms with Crippen LogP contribution in [-0.2, 0) is 14.6 Å². The second-order valence-corrected chi connectivity index (χ2v) is 8.18. The summed E-state index contributed by atoms with van der Waals surface area (Å²) in [5.74, 6) is -0.171. The number of carbonyl (C=O) groups is 1. The third kappa shape index (κ3) is 4.45. The van der Waals surface area contributed by atoms with Gasteiger partial charge in [-0.2, -0.15) is 5.10 Å². The van der Waals surface area contributed by atoms with Gasteiger partial charge in [0.1, 0.15) is 0 Å². The van der Waals surface area contributed by atoms with Gasteiger partial charge < -0.3 is 5.32 Å². The molecule has 2 rings (SSSR count). The Morgan fingerprint density at radius 2 is 2.09 bits per heavy atom. The number of rotatable bonds is 4. The lowest BCUT2D eigenvalue weighted by atomic mass is 10.4. The first-order chi connectivity index (χ1) is 10.3. The van der Waals surface area contributed by atoms with Crippen molar-refractivity contribution in [3.05, 3.63) is 28.2 Å². The van der Waals surface area contributed by atoms with Crippen molar-refractivity contribution in [3.8, 4) is 0 Å². The fourth-order valence-electron chi connectivity index (χ4n) is 1.57. The molecule has 1 aromatic carbocycles. The van der Waals surface area contributed by atoms with Crippen molar-refractivity contribution in [2.75, 3.05) is 11.5 Å². The van der Waals surface area contributed by atoms with Crippen molar-refractivity contribution in [3.63, 3.8) is 0 Å². The van der Waals surface area contributed by atoms with Gasteiger partial charge in [0.05, 0.1) is 32.2 Å². The fourth-order valence-corrected chi connectivity index (χ4v) is 3.90. The molecule has 1 aliphatic rings. The smallest absolute Gasteiger partial charge is 0.236 e. The van der Waals surface area contributed by atoms with Crippen LogP contribution in [0.1, 0.15) is 6.92 Å². The molecule has 118 valence electrons. The standard InChI is InChI=1S/C12H11Cl2N3O3S2/c1-7(16-17-12-15-11(18)5-21-12)6-22(19,20)8-2-3-9(13)10(14)4-8/h2-4H,5-6H2,1H3,(H,15,17,18)/b16-7-. The molecule has 6 nitrogen and oxygen atoms in total. The largest absolute Gasteiger partial charge is 0.303 e. The number of nitrogens with one attached hydrogen (secondary N) is 1. The maximum atomic E-state index is 12.2. The van der Waals surface area contributed by atoms with E-state index in [1.165, 1.54) is 30.0 Å². The summed E-state index contributed by atoms with van der Waals surface area (Å²) in [6.07, 6.45) is 0. The predicted molar refractivity (Wildman–Crippen MR) is 89.7 cm³/mol. The van der Waals surface area contributed by atoms with Crippen LogP contribution in [0.5, 0.6) is 0 Å². The summed E-state index contributed by atoms with van der Waals surface area (Å²) >= 11 is 12.8. The van der Waals surface area contributed by atoms with Crippen LogP contribution in [0.4, 0.5) is 0 Å². The van der Waals surface area contributed by atoms with E-state index < -0.39 is 9.84 Å². The van der Waals surface area contributed by atoms with Crippen LogP contribution in [0.25, 0.3) is 0 Å². The maximum absolute atomic E-state index is 12.2. The fraction of sp³-hybridized carbons (Fsp3) is 0.250. The Labute approximate surface area is 141 Å². The van der Waals surface area contributed by atoms with Gasteiger partial charge >= 0.3 is 0 Å². The number of thioether (sulfide) groups is 1. The van der Waals surface area contributed by atoms with E-state index in [-0.39, 0.29) is 32.4 Å². The highest BCUT2D eigenvalue weighted by atomic mass is 35.5. The quantitative estimate of drug-likeness (QED) is 0.642. The summed E-state index contributed by atoms with van der Waals surface area (Å²) in [4.78, 5) is 11.1. The first kappa shape index (κ1) is 17.3. The molecule has 1 aromatic rings. The topological polar surface area (TPSA) is 88.0 Å². The van der Waals surface area contributed by atoms with E-state index in [4.69, 9.17) is 23.2 Å². The molecule has 0 aliphatic carbocycles. The van der Waals surface area contributed by atoms with Gasteiger partial charge in [0.2, 0.25) is 5.91 Å². The van der Waals surface area contributed by atoms with Crippen LogP contribution in [0.2, 0.25) is 10.0 Å². The van der Waals surface area contributed by atoms with E-state index in [1.54, 1.807) is 6.92 Å². The van der Waals surface area contributed by atoms with Gasteiger partial charge in [0.15, 0.2) is 15.0 Å². The number of sulfone groups is 1. The van der Waals surface area contributed by atoms with Gasteiger partial charge in [0.25, 0.3) is 0 Å². The van der Waals surface area contributed by atoms with Gasteiger partial charge in [-0.1, -0.05) is 35.0 Å². The number of carbonyl (C=O) groups excluding carboxylic acids is 1. The molecule has 0 aromatic heterocycles. The highest BCUT2D eigenvalue weighted by molar-refractivity contribution is 8.15. The highest BCUT2D eigenvalue weighted by Crippen LogP contribution is 2.25. The zero-order valence-corrected chi connectivity index (χ0v) is 14.5. The molecule has 1 amide bonds. The number of benzene rings is 1. The van der Waals surface area contributed by atoms with Crippen LogP contribution in [0.3, 0.4) is 0 Å². The molecule has 0 saturated carbocycles. The van der Waals surface area contributed by atoms with Crippen LogP contribution in [-0.4, -0.2) is 36.7 Å². The van der Waals surface area contributed by atoms with E-state index in [1.807, 2.05) is 0 Å². The summed E-state index contributed by atoms with van der Waals surface area (Å²) in [6, 6.07) is 4.11. The number of nitrogens with zero attached hydrogens (tertiary/aromatic N) is 2. The average Bonchev–Trinajstić information content (AvgIpc) is 2.85. The first-order valence-corrected chi connectivity index (χ1v) is 9.39. The molecule has 22 heavy (non-hydrogen) atoms. The second-order valence-electron chi connectivity index (χ2n) is 4.41. The monoisotopic (exact) mass is 379 g/mol. The van der Waals surface area contributed by atoms with E-state index in [9.17, 15) is 13.2 Å². The van der Waals surface area contributed by atoms with Gasteiger partial charge in [-0.15, -0.1) is 5.10 Å². The predicted octanol–water partition coefficient (Wildman–Crippen LogP) is 2.36. The molecule has 0 atom stereocenters. The van der Waals surface area contributed by atoms with E-state index in [0.717, 1.165) is 0 Å². The highest BCUT2D eigenvalue weighted by Gasteiger charge is 2.18. The SMILES string of the molecule is C/C(CS(=O)(=O)c1ccc(Cl)c(Cl)c1)=N/N=C1/NC(=O)CS1. The van der Waals surface area contributed by atoms with Gasteiger partial charge in [0, 0.05) is 0 Å². The van der Waals surface area contributed by atoms with E-state index in [2.05, 4.69) is 15.5 Å². The number of amides is 1. The Kier molecular flexibility index (Phi) is 5.49. The van der Waals surface area contributed by atoms with Crippen molar-refractivity contribution in [1.82, 2.24) is 5.32 Å². The van der Waals surface area contributed by atoms with Crippen LogP contribution in [0.15, 0.2) is 33.3 Å². The van der Waals surface area contributed by atoms with Gasteiger partial charge in [-0.25, -0.2) is 8.42 Å². The Balaban J connectivity index is 2.14. The number of halogens is 2. The lowest BCUT2D eigenvalue weighted by Gasteiger charge is -2.05. The lowest BCUT2D eigenvalue weighted by molar-refractivity contribution is -0.116. The van der Waals surface area contributed by atoms with Crippen molar-refractivity contribution in [1.29, 1.82) is 0 Å². The summed E-state index contributed by atoms with van der Waals surface area (Å²) in [5.41, 5.74) is 0.292. The molecular weight excluding hydrogens is 369 g/mol. The zero-order valence-electron chi connectivity index (χ0n) is 11.3. The Morgan fingerprint density at radius 3 is 2.68 bits per heavy atom. The van der Waals surface area contributed by atoms with Crippen LogP contribution < -0.4 is 5.32 Å². The van der Waals surface area contributed by atoms with Crippen molar-refractivity contribution >= 4 is 61.6 Å². The molecule has 1 fully saturated rings. The summed E-state index contributed by atoms with van der Waals surface area (Å²) in [6.45, 7) is 1.54. The third-order valence-electron chi connectivity index (χ3n) is 2.55. The van der Waals surface area contributed by atoms with Crippen LogP contribution in [0, 0.1) is 0 Å². The molecule has 0 unspecified atom stereocenters. The molecule has 1 saturated heterocycles. The Morgan fingerprint density at radius 1 is 1.36 bits per heavy atom. The maximum Gasteiger partial charge on any atom is 0.236 e. The summed E-state index contributed by atoms with van der Waals surface area (Å²) in [7, 11) is -3.59. The zero-order chi connectivity index (χ0) is 16.3. The molecule has 1 N–H and O–H groups in total. The minimum absolute atomic E-state index is 0.0626. The lowest BCUT2D eigenvalue weighted by Crippen LogP contribution is -2.20. The van der Waals surface area contributed by atoms with Crippen LogP contribution >= 0.6 is 35.0 Å². The average molecular weight is 380 g/mol. The second kappa shape index (κ2) is 6.99. The number of hydrogen-bond acceptors (Lipinski definition) is 6. The van der Waals surface area contributed by atoms with Crippen molar-refractivity contribution in [2.45, 2.75) is 11.8 Å². The Bertz CT molecular complexity index is 776. The minimum atomic E-state index is -3.59. The third-order valence-corrected chi connectivity index (χ3v) is 5.92. The normalized spacial score (nSPS) is 17.9. The first-order valence-electron chi connectivity index (χ1n) is 5.99. The number of amidine groups is 1. The molecule has 0 radical (unpaired) electrons. The van der Waals surface area contributed by atoms with Gasteiger partial charge in [-0.05, 0) is 25.1 Å². The molecular formula is C12H11Cl2N3O3S2. The molecule has 1 aliphatic heterocycles. The Hall–Kier alpha value is -1.09. The molecule has 0 spiro atoms.